The van der Waals surface area contributed by atoms with Gasteiger partial charge in [-0.15, -0.1) is 0 Å². The van der Waals surface area contributed by atoms with Crippen molar-refractivity contribution in [2.24, 2.45) is 0 Å². The van der Waals surface area contributed by atoms with Crippen LogP contribution in [-0.2, 0) is 6.61 Å². The summed E-state index contributed by atoms with van der Waals surface area (Å²) < 4.78 is 24.3. The predicted molar refractivity (Wildman–Crippen MR) is 44.5 cm³/mol. The minimum atomic E-state index is -2.83. The molecule has 0 aliphatic carbocycles. The average Bonchev–Trinajstić information content (AvgIpc) is 2.09. The SMILES string of the molecule is OCc1cnc(C(F)F)c(O)c1Br. The Kier molecular flexibility index (Phi) is 3.16. The maximum atomic E-state index is 12.1. The Hall–Kier alpha value is -0.750. The van der Waals surface area contributed by atoms with Crippen molar-refractivity contribution >= 4 is 15.9 Å². The monoisotopic (exact) mass is 253 g/mol. The summed E-state index contributed by atoms with van der Waals surface area (Å²) in [7, 11) is 0. The van der Waals surface area contributed by atoms with Gasteiger partial charge in [-0.3, -0.25) is 4.98 Å². The van der Waals surface area contributed by atoms with Crippen molar-refractivity contribution in [3.8, 4) is 5.75 Å². The topological polar surface area (TPSA) is 53.4 Å². The van der Waals surface area contributed by atoms with Crippen molar-refractivity contribution in [1.82, 2.24) is 4.98 Å². The van der Waals surface area contributed by atoms with E-state index in [1.807, 2.05) is 0 Å². The summed E-state index contributed by atoms with van der Waals surface area (Å²) in [5.41, 5.74) is -0.425. The molecule has 3 nitrogen and oxygen atoms in total. The molecule has 0 saturated carbocycles. The second-order valence-electron chi connectivity index (χ2n) is 2.29. The van der Waals surface area contributed by atoms with Crippen LogP contribution in [0.1, 0.15) is 17.7 Å². The highest BCUT2D eigenvalue weighted by Crippen LogP contribution is 2.34. The molecule has 0 aliphatic heterocycles. The highest BCUT2D eigenvalue weighted by molar-refractivity contribution is 9.10. The second kappa shape index (κ2) is 3.97. The van der Waals surface area contributed by atoms with E-state index in [9.17, 15) is 13.9 Å². The molecule has 0 aliphatic rings. The number of rotatable bonds is 2. The highest BCUT2D eigenvalue weighted by Gasteiger charge is 2.18. The first kappa shape index (κ1) is 10.3. The van der Waals surface area contributed by atoms with E-state index in [4.69, 9.17) is 5.11 Å². The van der Waals surface area contributed by atoms with Gasteiger partial charge in [0.25, 0.3) is 6.43 Å². The van der Waals surface area contributed by atoms with Crippen LogP contribution in [0.4, 0.5) is 8.78 Å². The first-order chi connectivity index (χ1) is 6.07. The molecule has 0 aromatic carbocycles. The van der Waals surface area contributed by atoms with Crippen molar-refractivity contribution in [2.45, 2.75) is 13.0 Å². The number of aliphatic hydroxyl groups is 1. The summed E-state index contributed by atoms with van der Waals surface area (Å²) >= 11 is 2.88. The fourth-order valence-electron chi connectivity index (χ4n) is 0.800. The Balaban J connectivity index is 3.23. The van der Waals surface area contributed by atoms with Crippen molar-refractivity contribution in [3.05, 3.63) is 21.9 Å². The van der Waals surface area contributed by atoms with Gasteiger partial charge in [-0.2, -0.15) is 0 Å². The van der Waals surface area contributed by atoms with Gasteiger partial charge in [0.05, 0.1) is 11.1 Å². The number of nitrogens with zero attached hydrogens (tertiary/aromatic N) is 1. The van der Waals surface area contributed by atoms with Crippen molar-refractivity contribution in [2.75, 3.05) is 0 Å². The number of alkyl halides is 2. The first-order valence-electron chi connectivity index (χ1n) is 3.33. The molecule has 1 rings (SSSR count). The molecule has 0 fully saturated rings. The Morgan fingerprint density at radius 2 is 2.15 bits per heavy atom. The van der Waals surface area contributed by atoms with Crippen LogP contribution < -0.4 is 0 Å². The third-order valence-electron chi connectivity index (χ3n) is 1.47. The minimum Gasteiger partial charge on any atom is -0.505 e. The van der Waals surface area contributed by atoms with Crippen LogP contribution in [0.3, 0.4) is 0 Å². The molecular weight excluding hydrogens is 248 g/mol. The number of aromatic hydroxyl groups is 1. The minimum absolute atomic E-state index is 0.0558. The quantitative estimate of drug-likeness (QED) is 0.848. The number of halogens is 3. The summed E-state index contributed by atoms with van der Waals surface area (Å²) in [4.78, 5) is 3.32. The molecule has 0 saturated heterocycles. The molecule has 72 valence electrons. The molecule has 0 amide bonds. The van der Waals surface area contributed by atoms with Crippen LogP contribution in [0.15, 0.2) is 10.7 Å². The number of aromatic nitrogens is 1. The van der Waals surface area contributed by atoms with Crippen LogP contribution >= 0.6 is 15.9 Å². The van der Waals surface area contributed by atoms with E-state index < -0.39 is 17.9 Å². The predicted octanol–water partition coefficient (Wildman–Crippen LogP) is 1.98. The first-order valence-corrected chi connectivity index (χ1v) is 4.12. The number of hydrogen-bond acceptors (Lipinski definition) is 3. The normalized spacial score (nSPS) is 10.8. The van der Waals surface area contributed by atoms with Crippen LogP contribution in [-0.4, -0.2) is 15.2 Å². The van der Waals surface area contributed by atoms with Gasteiger partial charge in [0, 0.05) is 11.8 Å². The molecule has 0 radical (unpaired) electrons. The van der Waals surface area contributed by atoms with E-state index in [1.54, 1.807) is 0 Å². The Bertz CT molecular complexity index is 320. The molecule has 0 bridgehead atoms. The van der Waals surface area contributed by atoms with E-state index in [0.29, 0.717) is 0 Å². The van der Waals surface area contributed by atoms with Crippen LogP contribution in [0.25, 0.3) is 0 Å². The van der Waals surface area contributed by atoms with E-state index in [0.717, 1.165) is 6.20 Å². The lowest BCUT2D eigenvalue weighted by atomic mass is 10.2. The van der Waals surface area contributed by atoms with Gasteiger partial charge in [-0.05, 0) is 15.9 Å². The maximum Gasteiger partial charge on any atom is 0.284 e. The molecule has 6 heteroatoms. The summed E-state index contributed by atoms with van der Waals surface area (Å²) in [5.74, 6) is -0.624. The van der Waals surface area contributed by atoms with Gasteiger partial charge >= 0.3 is 0 Å². The molecule has 1 aromatic heterocycles. The molecule has 0 spiro atoms. The van der Waals surface area contributed by atoms with Gasteiger partial charge in [0.15, 0.2) is 5.75 Å². The maximum absolute atomic E-state index is 12.1. The Morgan fingerprint density at radius 1 is 1.54 bits per heavy atom. The summed E-state index contributed by atoms with van der Waals surface area (Å²) in [6, 6.07) is 0. The van der Waals surface area contributed by atoms with Crippen molar-refractivity contribution in [3.63, 3.8) is 0 Å². The molecule has 1 aromatic rings. The number of aliphatic hydroxyl groups excluding tert-OH is 1. The molecular formula is C7H6BrF2NO2. The zero-order valence-corrected chi connectivity index (χ0v) is 7.92. The fourth-order valence-corrected chi connectivity index (χ4v) is 1.23. The molecule has 2 N–H and O–H groups in total. The average molecular weight is 254 g/mol. The highest BCUT2D eigenvalue weighted by atomic mass is 79.9. The summed E-state index contributed by atoms with van der Waals surface area (Å²) in [6.45, 7) is -0.370. The fraction of sp³-hybridized carbons (Fsp3) is 0.286. The zero-order chi connectivity index (χ0) is 10.0. The van der Waals surface area contributed by atoms with E-state index in [-0.39, 0.29) is 16.6 Å². The number of hydrogen-bond donors (Lipinski definition) is 2. The zero-order valence-electron chi connectivity index (χ0n) is 6.34. The lowest BCUT2D eigenvalue weighted by molar-refractivity contribution is 0.141. The lowest BCUT2D eigenvalue weighted by Gasteiger charge is -2.06. The van der Waals surface area contributed by atoms with E-state index >= 15 is 0 Å². The van der Waals surface area contributed by atoms with E-state index in [2.05, 4.69) is 20.9 Å². The van der Waals surface area contributed by atoms with Gasteiger partial charge in [0.2, 0.25) is 0 Å². The Morgan fingerprint density at radius 3 is 2.62 bits per heavy atom. The van der Waals surface area contributed by atoms with E-state index in [1.165, 1.54) is 0 Å². The number of pyridine rings is 1. The van der Waals surface area contributed by atoms with Crippen molar-refractivity contribution < 1.29 is 19.0 Å². The smallest absolute Gasteiger partial charge is 0.284 e. The Labute approximate surface area is 81.2 Å². The van der Waals surface area contributed by atoms with Crippen molar-refractivity contribution in [1.29, 1.82) is 0 Å². The summed E-state index contributed by atoms with van der Waals surface area (Å²) in [5, 5.41) is 17.9. The van der Waals surface area contributed by atoms with Gasteiger partial charge in [-0.25, -0.2) is 8.78 Å². The van der Waals surface area contributed by atoms with Crippen LogP contribution in [0.5, 0.6) is 5.75 Å². The van der Waals surface area contributed by atoms with Gasteiger partial charge in [0.1, 0.15) is 5.69 Å². The summed E-state index contributed by atoms with van der Waals surface area (Å²) in [6.07, 6.45) is -1.74. The molecule has 0 unspecified atom stereocenters. The van der Waals surface area contributed by atoms with Crippen LogP contribution in [0, 0.1) is 0 Å². The van der Waals surface area contributed by atoms with Gasteiger partial charge in [-0.1, -0.05) is 0 Å². The van der Waals surface area contributed by atoms with Gasteiger partial charge < -0.3 is 10.2 Å². The second-order valence-corrected chi connectivity index (χ2v) is 3.08. The van der Waals surface area contributed by atoms with Crippen LogP contribution in [0.2, 0.25) is 0 Å². The molecule has 0 atom stereocenters. The third kappa shape index (κ3) is 1.94. The lowest BCUT2D eigenvalue weighted by Crippen LogP contribution is -1.95. The largest absolute Gasteiger partial charge is 0.505 e. The molecule has 1 heterocycles. The standard InChI is InChI=1S/C7H6BrF2NO2/c8-4-3(2-12)1-11-5(6(4)13)7(9)10/h1,7,12-13H,2H2. The third-order valence-corrected chi connectivity index (χ3v) is 2.35. The molecule has 13 heavy (non-hydrogen) atoms.